The van der Waals surface area contributed by atoms with Gasteiger partial charge in [0.15, 0.2) is 0 Å². The van der Waals surface area contributed by atoms with Gasteiger partial charge in [-0.25, -0.2) is 0 Å². The van der Waals surface area contributed by atoms with Crippen LogP contribution in [0.1, 0.15) is 11.1 Å². The Kier molecular flexibility index (Phi) is 3.21. The van der Waals surface area contributed by atoms with E-state index in [-0.39, 0.29) is 25.0 Å². The summed E-state index contributed by atoms with van der Waals surface area (Å²) in [5.74, 6) is -0.274. The van der Waals surface area contributed by atoms with Gasteiger partial charge in [0.2, 0.25) is 11.8 Å². The second-order valence-corrected chi connectivity index (χ2v) is 4.91. The topological polar surface area (TPSA) is 58.6 Å². The van der Waals surface area contributed by atoms with Crippen molar-refractivity contribution in [3.8, 4) is 0 Å². The minimum absolute atomic E-state index is 0.0482. The molecule has 1 N–H and O–H groups in total. The predicted octanol–water partition coefficient (Wildman–Crippen LogP) is 0.0863. The van der Waals surface area contributed by atoms with E-state index in [0.29, 0.717) is 13.1 Å². The minimum atomic E-state index is -0.536. The molecule has 19 heavy (non-hydrogen) atoms. The van der Waals surface area contributed by atoms with Crippen molar-refractivity contribution in [2.75, 3.05) is 19.8 Å². The Morgan fingerprint density at radius 2 is 2.11 bits per heavy atom. The second kappa shape index (κ2) is 5.01. The first kappa shape index (κ1) is 12.2. The Morgan fingerprint density at radius 1 is 1.32 bits per heavy atom. The van der Waals surface area contributed by atoms with Gasteiger partial charge >= 0.3 is 0 Å². The van der Waals surface area contributed by atoms with E-state index in [2.05, 4.69) is 11.4 Å². The van der Waals surface area contributed by atoms with Gasteiger partial charge in [0.05, 0.1) is 6.61 Å². The van der Waals surface area contributed by atoms with Crippen molar-refractivity contribution in [1.82, 2.24) is 10.2 Å². The summed E-state index contributed by atoms with van der Waals surface area (Å²) < 4.78 is 5.12. The van der Waals surface area contributed by atoms with Crippen molar-refractivity contribution in [2.24, 2.45) is 0 Å². The maximum absolute atomic E-state index is 12.3. The number of carbonyl (C=O) groups is 2. The van der Waals surface area contributed by atoms with Gasteiger partial charge in [-0.3, -0.25) is 9.59 Å². The van der Waals surface area contributed by atoms with Gasteiger partial charge in [-0.15, -0.1) is 0 Å². The molecule has 0 radical (unpaired) electrons. The normalized spacial score (nSPS) is 22.6. The molecule has 100 valence electrons. The molecule has 1 atom stereocenters. The monoisotopic (exact) mass is 260 g/mol. The Labute approximate surface area is 111 Å². The Balaban J connectivity index is 1.70. The molecule has 0 aromatic heterocycles. The Hall–Kier alpha value is -1.88. The summed E-state index contributed by atoms with van der Waals surface area (Å²) in [6.45, 7) is 1.62. The van der Waals surface area contributed by atoms with Crippen molar-refractivity contribution in [2.45, 2.75) is 19.0 Å². The molecule has 2 aliphatic rings. The second-order valence-electron chi connectivity index (χ2n) is 4.91. The molecule has 0 saturated carbocycles. The lowest BCUT2D eigenvalue weighted by Gasteiger charge is -2.33. The molecule has 1 saturated heterocycles. The van der Waals surface area contributed by atoms with Crippen LogP contribution in [0.2, 0.25) is 0 Å². The maximum atomic E-state index is 12.3. The van der Waals surface area contributed by atoms with Gasteiger partial charge in [0.1, 0.15) is 12.6 Å². The molecule has 5 nitrogen and oxygen atoms in total. The molecule has 2 aliphatic heterocycles. The SMILES string of the molecule is O=C1COCC(C(=O)N2CCc3ccccc3C2)N1. The van der Waals surface area contributed by atoms with Gasteiger partial charge in [-0.2, -0.15) is 0 Å². The van der Waals surface area contributed by atoms with E-state index in [4.69, 9.17) is 4.74 Å². The average Bonchev–Trinajstić information content (AvgIpc) is 2.46. The number of nitrogens with zero attached hydrogens (tertiary/aromatic N) is 1. The number of amides is 2. The fourth-order valence-corrected chi connectivity index (χ4v) is 2.58. The van der Waals surface area contributed by atoms with Crippen LogP contribution in [0.5, 0.6) is 0 Å². The van der Waals surface area contributed by atoms with Crippen LogP contribution < -0.4 is 5.32 Å². The van der Waals surface area contributed by atoms with Crippen molar-refractivity contribution in [1.29, 1.82) is 0 Å². The molecule has 1 aromatic rings. The Morgan fingerprint density at radius 3 is 2.89 bits per heavy atom. The third-order valence-electron chi connectivity index (χ3n) is 3.59. The summed E-state index contributed by atoms with van der Waals surface area (Å²) in [5.41, 5.74) is 2.49. The highest BCUT2D eigenvalue weighted by atomic mass is 16.5. The first-order valence-corrected chi connectivity index (χ1v) is 6.47. The third-order valence-corrected chi connectivity index (χ3v) is 3.59. The lowest BCUT2D eigenvalue weighted by Crippen LogP contribution is -2.55. The zero-order valence-corrected chi connectivity index (χ0v) is 10.6. The van der Waals surface area contributed by atoms with Crippen LogP contribution >= 0.6 is 0 Å². The van der Waals surface area contributed by atoms with E-state index in [0.717, 1.165) is 6.42 Å². The van der Waals surface area contributed by atoms with Crippen LogP contribution in [0.15, 0.2) is 24.3 Å². The molecule has 0 aliphatic carbocycles. The number of benzene rings is 1. The summed E-state index contributed by atoms with van der Waals surface area (Å²) in [4.78, 5) is 25.4. The summed E-state index contributed by atoms with van der Waals surface area (Å²) in [6.07, 6.45) is 0.865. The van der Waals surface area contributed by atoms with E-state index in [1.165, 1.54) is 11.1 Å². The van der Waals surface area contributed by atoms with E-state index in [1.807, 2.05) is 18.2 Å². The van der Waals surface area contributed by atoms with Crippen LogP contribution in [-0.4, -0.2) is 42.5 Å². The largest absolute Gasteiger partial charge is 0.369 e. The standard InChI is InChI=1S/C14H16N2O3/c17-13-9-19-8-12(15-13)14(18)16-6-5-10-3-1-2-4-11(10)7-16/h1-4,12H,5-9H2,(H,15,17). The summed E-state index contributed by atoms with van der Waals surface area (Å²) >= 11 is 0. The van der Waals surface area contributed by atoms with Gasteiger partial charge in [-0.05, 0) is 17.5 Å². The van der Waals surface area contributed by atoms with Crippen LogP contribution in [0, 0.1) is 0 Å². The number of hydrogen-bond acceptors (Lipinski definition) is 3. The van der Waals surface area contributed by atoms with Gasteiger partial charge in [-0.1, -0.05) is 24.3 Å². The smallest absolute Gasteiger partial charge is 0.247 e. The van der Waals surface area contributed by atoms with E-state index in [1.54, 1.807) is 4.90 Å². The molecule has 1 aromatic carbocycles. The zero-order valence-electron chi connectivity index (χ0n) is 10.6. The van der Waals surface area contributed by atoms with Gasteiger partial charge < -0.3 is 15.0 Å². The lowest BCUT2D eigenvalue weighted by atomic mass is 9.99. The predicted molar refractivity (Wildman–Crippen MR) is 68.3 cm³/mol. The number of hydrogen-bond donors (Lipinski definition) is 1. The van der Waals surface area contributed by atoms with Crippen LogP contribution in [0.3, 0.4) is 0 Å². The fraction of sp³-hybridized carbons (Fsp3) is 0.429. The lowest BCUT2D eigenvalue weighted by molar-refractivity contribution is -0.144. The molecular formula is C14H16N2O3. The zero-order chi connectivity index (χ0) is 13.2. The number of carbonyl (C=O) groups excluding carboxylic acids is 2. The maximum Gasteiger partial charge on any atom is 0.247 e. The molecular weight excluding hydrogens is 244 g/mol. The fourth-order valence-electron chi connectivity index (χ4n) is 2.58. The molecule has 2 amide bonds. The molecule has 5 heteroatoms. The summed E-state index contributed by atoms with van der Waals surface area (Å²) in [6, 6.07) is 7.61. The number of nitrogens with one attached hydrogen (secondary N) is 1. The quantitative estimate of drug-likeness (QED) is 0.778. The third kappa shape index (κ3) is 2.46. The summed E-state index contributed by atoms with van der Waals surface area (Å²) in [7, 11) is 0. The van der Waals surface area contributed by atoms with E-state index in [9.17, 15) is 9.59 Å². The van der Waals surface area contributed by atoms with Crippen molar-refractivity contribution in [3.63, 3.8) is 0 Å². The molecule has 1 fully saturated rings. The van der Waals surface area contributed by atoms with Gasteiger partial charge in [0, 0.05) is 13.1 Å². The Bertz CT molecular complexity index is 515. The number of ether oxygens (including phenoxy) is 1. The van der Waals surface area contributed by atoms with Crippen LogP contribution in [0.4, 0.5) is 0 Å². The minimum Gasteiger partial charge on any atom is -0.369 e. The molecule has 2 heterocycles. The van der Waals surface area contributed by atoms with Crippen LogP contribution in [-0.2, 0) is 27.3 Å². The number of rotatable bonds is 1. The van der Waals surface area contributed by atoms with Crippen molar-refractivity contribution >= 4 is 11.8 Å². The van der Waals surface area contributed by atoms with E-state index < -0.39 is 6.04 Å². The first-order chi connectivity index (χ1) is 9.24. The first-order valence-electron chi connectivity index (χ1n) is 6.47. The van der Waals surface area contributed by atoms with E-state index >= 15 is 0 Å². The molecule has 1 unspecified atom stereocenters. The van der Waals surface area contributed by atoms with Crippen molar-refractivity contribution < 1.29 is 14.3 Å². The van der Waals surface area contributed by atoms with Crippen molar-refractivity contribution in [3.05, 3.63) is 35.4 Å². The highest BCUT2D eigenvalue weighted by Crippen LogP contribution is 2.19. The number of morpholine rings is 1. The average molecular weight is 260 g/mol. The molecule has 3 rings (SSSR count). The summed E-state index contributed by atoms with van der Waals surface area (Å²) in [5, 5.41) is 2.68. The molecule has 0 bridgehead atoms. The highest BCUT2D eigenvalue weighted by molar-refractivity contribution is 5.89. The van der Waals surface area contributed by atoms with Crippen LogP contribution in [0.25, 0.3) is 0 Å². The van der Waals surface area contributed by atoms with Gasteiger partial charge in [0.25, 0.3) is 0 Å². The molecule has 0 spiro atoms. The highest BCUT2D eigenvalue weighted by Gasteiger charge is 2.30. The number of fused-ring (bicyclic) bond motifs is 1.